The molecule has 0 spiro atoms. The number of hydrogen-bond acceptors (Lipinski definition) is 4. The van der Waals surface area contributed by atoms with Crippen LogP contribution in [0.3, 0.4) is 0 Å². The summed E-state index contributed by atoms with van der Waals surface area (Å²) in [5.41, 5.74) is 1.40. The Labute approximate surface area is 176 Å². The Bertz CT molecular complexity index is 1120. The van der Waals surface area contributed by atoms with Gasteiger partial charge in [-0.25, -0.2) is 8.42 Å². The SMILES string of the molecule is COc1ccc(S(=O)(=O)N2CCN(C(=O)c3ccccc3-n3cccc3)CC2)cc1. The topological polar surface area (TPSA) is 71.9 Å². The van der Waals surface area contributed by atoms with Crippen LogP contribution in [0, 0.1) is 0 Å². The van der Waals surface area contributed by atoms with Gasteiger partial charge in [0.2, 0.25) is 10.0 Å². The molecule has 2 aromatic carbocycles. The number of benzene rings is 2. The maximum Gasteiger partial charge on any atom is 0.256 e. The fourth-order valence-electron chi connectivity index (χ4n) is 3.57. The molecule has 1 amide bonds. The maximum absolute atomic E-state index is 13.1. The second-order valence-corrected chi connectivity index (χ2v) is 8.92. The smallest absolute Gasteiger partial charge is 0.256 e. The molecule has 0 N–H and O–H groups in total. The van der Waals surface area contributed by atoms with Gasteiger partial charge < -0.3 is 14.2 Å². The minimum atomic E-state index is -3.61. The van der Waals surface area contributed by atoms with Crippen molar-refractivity contribution in [3.05, 3.63) is 78.6 Å². The zero-order chi connectivity index (χ0) is 21.1. The van der Waals surface area contributed by atoms with Crippen molar-refractivity contribution in [2.24, 2.45) is 0 Å². The Balaban J connectivity index is 1.48. The molecule has 7 nitrogen and oxygen atoms in total. The lowest BCUT2D eigenvalue weighted by Crippen LogP contribution is -2.50. The number of para-hydroxylation sites is 1. The lowest BCUT2D eigenvalue weighted by Gasteiger charge is -2.34. The van der Waals surface area contributed by atoms with Gasteiger partial charge in [0.25, 0.3) is 5.91 Å². The number of methoxy groups -OCH3 is 1. The normalized spacial score (nSPS) is 15.2. The van der Waals surface area contributed by atoms with Crippen LogP contribution in [-0.2, 0) is 10.0 Å². The average molecular weight is 426 g/mol. The number of aromatic nitrogens is 1. The first kappa shape index (κ1) is 20.2. The van der Waals surface area contributed by atoms with E-state index in [9.17, 15) is 13.2 Å². The van der Waals surface area contributed by atoms with Crippen LogP contribution >= 0.6 is 0 Å². The molecule has 0 atom stereocenters. The van der Waals surface area contributed by atoms with Crippen molar-refractivity contribution in [2.75, 3.05) is 33.3 Å². The third kappa shape index (κ3) is 3.83. The van der Waals surface area contributed by atoms with E-state index >= 15 is 0 Å². The van der Waals surface area contributed by atoms with Crippen LogP contribution in [0.15, 0.2) is 78.0 Å². The molecule has 3 aromatic rings. The number of amides is 1. The van der Waals surface area contributed by atoms with Gasteiger partial charge in [-0.05, 0) is 48.5 Å². The van der Waals surface area contributed by atoms with Crippen LogP contribution < -0.4 is 4.74 Å². The summed E-state index contributed by atoms with van der Waals surface area (Å²) in [6, 6.07) is 17.6. The molecule has 1 fully saturated rings. The van der Waals surface area contributed by atoms with Gasteiger partial charge in [0, 0.05) is 38.6 Å². The van der Waals surface area contributed by atoms with Crippen molar-refractivity contribution in [1.29, 1.82) is 0 Å². The maximum atomic E-state index is 13.1. The third-order valence-corrected chi connectivity index (χ3v) is 7.15. The van der Waals surface area contributed by atoms with E-state index in [2.05, 4.69) is 0 Å². The van der Waals surface area contributed by atoms with Gasteiger partial charge in [-0.15, -0.1) is 0 Å². The molecule has 0 bridgehead atoms. The third-order valence-electron chi connectivity index (χ3n) is 5.24. The first-order chi connectivity index (χ1) is 14.5. The largest absolute Gasteiger partial charge is 0.497 e. The van der Waals surface area contributed by atoms with Crippen LogP contribution in [-0.4, -0.2) is 61.4 Å². The van der Waals surface area contributed by atoms with E-state index in [1.807, 2.05) is 47.3 Å². The molecule has 2 heterocycles. The Hall–Kier alpha value is -3.10. The van der Waals surface area contributed by atoms with E-state index in [1.165, 1.54) is 11.4 Å². The summed E-state index contributed by atoms with van der Waals surface area (Å²) in [4.78, 5) is 15.1. The summed E-state index contributed by atoms with van der Waals surface area (Å²) in [5, 5.41) is 0. The van der Waals surface area contributed by atoms with Crippen LogP contribution in [0.25, 0.3) is 5.69 Å². The van der Waals surface area contributed by atoms with E-state index in [1.54, 1.807) is 35.2 Å². The second kappa shape index (κ2) is 8.33. The predicted octanol–water partition coefficient (Wildman–Crippen LogP) is 2.63. The molecule has 156 valence electrons. The molecule has 8 heteroatoms. The van der Waals surface area contributed by atoms with Gasteiger partial charge in [-0.1, -0.05) is 12.1 Å². The summed E-state index contributed by atoms with van der Waals surface area (Å²) in [6.45, 7) is 1.19. The summed E-state index contributed by atoms with van der Waals surface area (Å²) in [6.07, 6.45) is 3.79. The fraction of sp³-hybridized carbons (Fsp3) is 0.227. The Morgan fingerprint density at radius 2 is 1.50 bits per heavy atom. The van der Waals surface area contributed by atoms with Crippen molar-refractivity contribution in [3.8, 4) is 11.4 Å². The number of sulfonamides is 1. The van der Waals surface area contributed by atoms with Gasteiger partial charge in [0.05, 0.1) is 23.3 Å². The van der Waals surface area contributed by atoms with Gasteiger partial charge in [-0.3, -0.25) is 4.79 Å². The summed E-state index contributed by atoms with van der Waals surface area (Å²) in [5.74, 6) is 0.506. The average Bonchev–Trinajstić information content (AvgIpc) is 3.33. The van der Waals surface area contributed by atoms with Crippen molar-refractivity contribution in [2.45, 2.75) is 4.90 Å². The van der Waals surface area contributed by atoms with E-state index in [0.29, 0.717) is 24.4 Å². The summed E-state index contributed by atoms with van der Waals surface area (Å²) < 4.78 is 34.3. The van der Waals surface area contributed by atoms with Crippen LogP contribution in [0.5, 0.6) is 5.75 Å². The molecule has 1 aromatic heterocycles. The van der Waals surface area contributed by atoms with E-state index in [-0.39, 0.29) is 23.9 Å². The number of hydrogen-bond donors (Lipinski definition) is 0. The first-order valence-corrected chi connectivity index (χ1v) is 11.1. The molecule has 4 rings (SSSR count). The highest BCUT2D eigenvalue weighted by atomic mass is 32.2. The quantitative estimate of drug-likeness (QED) is 0.630. The monoisotopic (exact) mass is 425 g/mol. The van der Waals surface area contributed by atoms with Crippen LogP contribution in [0.1, 0.15) is 10.4 Å². The Morgan fingerprint density at radius 1 is 0.867 bits per heavy atom. The minimum absolute atomic E-state index is 0.0965. The lowest BCUT2D eigenvalue weighted by atomic mass is 10.1. The number of nitrogens with zero attached hydrogens (tertiary/aromatic N) is 3. The Morgan fingerprint density at radius 3 is 2.13 bits per heavy atom. The number of piperazine rings is 1. The van der Waals surface area contributed by atoms with Crippen molar-refractivity contribution >= 4 is 15.9 Å². The van der Waals surface area contributed by atoms with E-state index in [0.717, 1.165) is 5.69 Å². The second-order valence-electron chi connectivity index (χ2n) is 6.98. The summed E-state index contributed by atoms with van der Waals surface area (Å²) in [7, 11) is -2.07. The fourth-order valence-corrected chi connectivity index (χ4v) is 5.00. The molecule has 0 saturated carbocycles. The molecule has 1 aliphatic heterocycles. The minimum Gasteiger partial charge on any atom is -0.497 e. The van der Waals surface area contributed by atoms with E-state index in [4.69, 9.17) is 4.74 Å². The zero-order valence-electron chi connectivity index (χ0n) is 16.6. The molecule has 30 heavy (non-hydrogen) atoms. The molecule has 0 aliphatic carbocycles. The Kier molecular flexibility index (Phi) is 5.61. The highest BCUT2D eigenvalue weighted by molar-refractivity contribution is 7.89. The summed E-state index contributed by atoms with van der Waals surface area (Å²) >= 11 is 0. The highest BCUT2D eigenvalue weighted by Crippen LogP contribution is 2.22. The number of ether oxygens (including phenoxy) is 1. The van der Waals surface area contributed by atoms with Crippen LogP contribution in [0.2, 0.25) is 0 Å². The van der Waals surface area contributed by atoms with Crippen LogP contribution in [0.4, 0.5) is 0 Å². The molecular weight excluding hydrogens is 402 g/mol. The first-order valence-electron chi connectivity index (χ1n) is 9.66. The van der Waals surface area contributed by atoms with E-state index < -0.39 is 10.0 Å². The highest BCUT2D eigenvalue weighted by Gasteiger charge is 2.31. The van der Waals surface area contributed by atoms with Gasteiger partial charge >= 0.3 is 0 Å². The van der Waals surface area contributed by atoms with Gasteiger partial charge in [-0.2, -0.15) is 4.31 Å². The molecule has 0 radical (unpaired) electrons. The number of carbonyl (C=O) groups excluding carboxylic acids is 1. The van der Waals surface area contributed by atoms with Crippen molar-refractivity contribution in [3.63, 3.8) is 0 Å². The molecule has 1 aliphatic rings. The molecule has 1 saturated heterocycles. The van der Waals surface area contributed by atoms with Gasteiger partial charge in [0.15, 0.2) is 0 Å². The molecule has 0 unspecified atom stereocenters. The van der Waals surface area contributed by atoms with Gasteiger partial charge in [0.1, 0.15) is 5.75 Å². The number of rotatable bonds is 5. The standard InChI is InChI=1S/C22H23N3O4S/c1-29-18-8-10-19(11-9-18)30(27,28)25-16-14-24(15-17-25)22(26)20-6-2-3-7-21(20)23-12-4-5-13-23/h2-13H,14-17H2,1H3. The zero-order valence-corrected chi connectivity index (χ0v) is 17.5. The molecular formula is C22H23N3O4S. The van der Waals surface area contributed by atoms with Crippen molar-refractivity contribution < 1.29 is 17.9 Å². The predicted molar refractivity (Wildman–Crippen MR) is 113 cm³/mol. The lowest BCUT2D eigenvalue weighted by molar-refractivity contribution is 0.0698. The number of carbonyl (C=O) groups is 1. The van der Waals surface area contributed by atoms with Crippen molar-refractivity contribution in [1.82, 2.24) is 13.8 Å².